The Morgan fingerprint density at radius 3 is 1.96 bits per heavy atom. The predicted molar refractivity (Wildman–Crippen MR) is 99.0 cm³/mol. The number of likely N-dealkylation sites (N-methyl/N-ethyl adjacent to an activating group) is 1. The maximum atomic E-state index is 12.1. The minimum atomic E-state index is -3.67. The van der Waals surface area contributed by atoms with Crippen molar-refractivity contribution >= 4 is 21.9 Å². The van der Waals surface area contributed by atoms with Crippen LogP contribution in [-0.2, 0) is 14.9 Å². The smallest absolute Gasteiger partial charge is 0.261 e. The van der Waals surface area contributed by atoms with Gasteiger partial charge in [-0.1, -0.05) is 12.1 Å². The van der Waals surface area contributed by atoms with Crippen LogP contribution in [0.3, 0.4) is 0 Å². The summed E-state index contributed by atoms with van der Waals surface area (Å²) in [6, 6.07) is 6.85. The second kappa shape index (κ2) is 9.90. The molecule has 1 aliphatic heterocycles. The fourth-order valence-corrected chi connectivity index (χ4v) is 2.39. The molecule has 2 N–H and O–H groups in total. The van der Waals surface area contributed by atoms with Gasteiger partial charge in [0.25, 0.3) is 21.9 Å². The number of amides is 2. The van der Waals surface area contributed by atoms with Crippen molar-refractivity contribution in [1.82, 2.24) is 4.90 Å². The highest BCUT2D eigenvalue weighted by atomic mass is 32.2. The van der Waals surface area contributed by atoms with E-state index in [1.165, 1.54) is 4.90 Å². The van der Waals surface area contributed by atoms with Crippen LogP contribution in [0.15, 0.2) is 24.3 Å². The summed E-state index contributed by atoms with van der Waals surface area (Å²) in [7, 11) is 0.369. The first-order valence-electron chi connectivity index (χ1n) is 8.34. The number of aliphatic hydroxyl groups is 1. The Morgan fingerprint density at radius 1 is 1.04 bits per heavy atom. The highest BCUT2D eigenvalue weighted by molar-refractivity contribution is 7.85. The predicted octanol–water partition coefficient (Wildman–Crippen LogP) is -0.128. The van der Waals surface area contributed by atoms with Gasteiger partial charge in [-0.2, -0.15) is 8.42 Å². The lowest BCUT2D eigenvalue weighted by molar-refractivity contribution is -0.891. The Morgan fingerprint density at radius 2 is 1.52 bits per heavy atom. The molecule has 1 aromatic carbocycles. The van der Waals surface area contributed by atoms with Crippen LogP contribution in [0, 0.1) is 0 Å². The van der Waals surface area contributed by atoms with Crippen LogP contribution in [0.5, 0.6) is 0 Å². The van der Waals surface area contributed by atoms with Crippen molar-refractivity contribution in [3.8, 4) is 0 Å². The molecule has 1 aromatic rings. The number of carbonyl (C=O) groups is 2. The lowest BCUT2D eigenvalue weighted by Gasteiger charge is -2.28. The first-order chi connectivity index (χ1) is 12.5. The van der Waals surface area contributed by atoms with Crippen molar-refractivity contribution in [2.24, 2.45) is 0 Å². The van der Waals surface area contributed by atoms with Crippen molar-refractivity contribution in [3.05, 3.63) is 35.4 Å². The molecular weight excluding hydrogens is 376 g/mol. The molecule has 0 atom stereocenters. The van der Waals surface area contributed by atoms with E-state index >= 15 is 0 Å². The summed E-state index contributed by atoms with van der Waals surface area (Å²) in [6.45, 7) is 2.69. The molecule has 0 saturated heterocycles. The monoisotopic (exact) mass is 403 g/mol. The van der Waals surface area contributed by atoms with Crippen LogP contribution in [-0.4, -0.2) is 99.1 Å². The first kappa shape index (κ1) is 23.2. The Kier molecular flexibility index (Phi) is 8.51. The van der Waals surface area contributed by atoms with Gasteiger partial charge in [-0.25, -0.2) is 0 Å². The molecule has 1 aliphatic rings. The van der Waals surface area contributed by atoms with E-state index in [4.69, 9.17) is 14.4 Å². The molecule has 2 amide bonds. The highest BCUT2D eigenvalue weighted by Crippen LogP contribution is 2.21. The Hall–Kier alpha value is -1.85. The Balaban J connectivity index is 0.000000646. The molecule has 1 heterocycles. The highest BCUT2D eigenvalue weighted by Gasteiger charge is 2.34. The van der Waals surface area contributed by atoms with E-state index in [9.17, 15) is 18.0 Å². The molecule has 0 bridgehead atoms. The molecule has 152 valence electrons. The minimum absolute atomic E-state index is 0.141. The number of rotatable bonds is 8. The molecule has 0 radical (unpaired) electrons. The van der Waals surface area contributed by atoms with Gasteiger partial charge < -0.3 is 14.3 Å². The average molecular weight is 403 g/mol. The van der Waals surface area contributed by atoms with Gasteiger partial charge in [-0.05, 0) is 12.1 Å². The normalized spacial score (nSPS) is 14.0. The first-order valence-corrected chi connectivity index (χ1v) is 10.2. The van der Waals surface area contributed by atoms with Gasteiger partial charge in [-0.15, -0.1) is 0 Å². The molecular formula is C17H27N2O7S+. The third kappa shape index (κ3) is 8.14. The maximum absolute atomic E-state index is 12.1. The fraction of sp³-hybridized carbons (Fsp3) is 0.529. The van der Waals surface area contributed by atoms with Gasteiger partial charge in [0, 0.05) is 0 Å². The largest absolute Gasteiger partial charge is 0.391 e. The van der Waals surface area contributed by atoms with Gasteiger partial charge in [0.15, 0.2) is 0 Å². The SMILES string of the molecule is CS(=O)(=O)O.C[N+](C)(CCO)CCOCCN1C(=O)c2ccccc2C1=O. The summed E-state index contributed by atoms with van der Waals surface area (Å²) in [5.74, 6) is -0.499. The standard InChI is InChI=1S/C16H23N2O4.CH4O3S/c1-18(2,8-10-19)9-12-22-11-7-17-15(20)13-5-3-4-6-14(13)16(17)21;1-5(2,3)4/h3-6,19H,7-12H2,1-2H3;1H3,(H,2,3,4)/q+1;. The lowest BCUT2D eigenvalue weighted by atomic mass is 10.1. The molecule has 0 aromatic heterocycles. The summed E-state index contributed by atoms with van der Waals surface area (Å²) < 4.78 is 32.1. The summed E-state index contributed by atoms with van der Waals surface area (Å²) in [5.41, 5.74) is 0.932. The van der Waals surface area contributed by atoms with Gasteiger partial charge in [0.1, 0.15) is 13.1 Å². The number of quaternary nitrogens is 1. The number of imide groups is 1. The van der Waals surface area contributed by atoms with Crippen molar-refractivity contribution < 1.29 is 36.9 Å². The van der Waals surface area contributed by atoms with Crippen LogP contribution in [0.1, 0.15) is 20.7 Å². The summed E-state index contributed by atoms with van der Waals surface area (Å²) in [5, 5.41) is 8.95. The van der Waals surface area contributed by atoms with Crippen LogP contribution < -0.4 is 0 Å². The Labute approximate surface area is 159 Å². The Bertz CT molecular complexity index is 719. The second-order valence-electron chi connectivity index (χ2n) is 6.76. The number of benzene rings is 1. The zero-order valence-electron chi connectivity index (χ0n) is 15.8. The van der Waals surface area contributed by atoms with E-state index in [-0.39, 0.29) is 25.0 Å². The van der Waals surface area contributed by atoms with Gasteiger partial charge in [0.2, 0.25) is 0 Å². The van der Waals surface area contributed by atoms with Crippen molar-refractivity contribution in [2.75, 3.05) is 59.8 Å². The summed E-state index contributed by atoms with van der Waals surface area (Å²) in [6.07, 6.45) is 0.715. The van der Waals surface area contributed by atoms with Crippen molar-refractivity contribution in [2.45, 2.75) is 0 Å². The van der Waals surface area contributed by atoms with Crippen LogP contribution >= 0.6 is 0 Å². The van der Waals surface area contributed by atoms with Crippen LogP contribution in [0.25, 0.3) is 0 Å². The van der Waals surface area contributed by atoms with Crippen molar-refractivity contribution in [1.29, 1.82) is 0 Å². The van der Waals surface area contributed by atoms with E-state index in [0.29, 0.717) is 41.6 Å². The topological polar surface area (TPSA) is 121 Å². The minimum Gasteiger partial charge on any atom is -0.391 e. The molecule has 0 saturated carbocycles. The fourth-order valence-electron chi connectivity index (χ4n) is 2.39. The lowest BCUT2D eigenvalue weighted by Crippen LogP contribution is -2.44. The number of nitrogens with zero attached hydrogens (tertiary/aromatic N) is 2. The van der Waals surface area contributed by atoms with Crippen LogP contribution in [0.4, 0.5) is 0 Å². The summed E-state index contributed by atoms with van der Waals surface area (Å²) >= 11 is 0. The van der Waals surface area contributed by atoms with Crippen molar-refractivity contribution in [3.63, 3.8) is 0 Å². The number of aliphatic hydroxyl groups excluding tert-OH is 1. The third-order valence-corrected chi connectivity index (χ3v) is 3.88. The van der Waals surface area contributed by atoms with E-state index in [1.54, 1.807) is 24.3 Å². The molecule has 2 rings (SSSR count). The number of hydrogen-bond donors (Lipinski definition) is 2. The van der Waals surface area contributed by atoms with Gasteiger partial charge >= 0.3 is 0 Å². The van der Waals surface area contributed by atoms with E-state index in [2.05, 4.69) is 0 Å². The zero-order chi connectivity index (χ0) is 20.7. The number of carbonyl (C=O) groups excluding carboxylic acids is 2. The molecule has 0 spiro atoms. The van der Waals surface area contributed by atoms with Gasteiger partial charge in [-0.3, -0.25) is 19.0 Å². The second-order valence-corrected chi connectivity index (χ2v) is 8.23. The quantitative estimate of drug-likeness (QED) is 0.268. The molecule has 0 aliphatic carbocycles. The van der Waals surface area contributed by atoms with Crippen LogP contribution in [0.2, 0.25) is 0 Å². The van der Waals surface area contributed by atoms with E-state index < -0.39 is 10.1 Å². The number of fused-ring (bicyclic) bond motifs is 1. The molecule has 0 unspecified atom stereocenters. The summed E-state index contributed by atoms with van der Waals surface area (Å²) in [4.78, 5) is 25.5. The molecule has 9 nitrogen and oxygen atoms in total. The number of hydrogen-bond acceptors (Lipinski definition) is 6. The number of ether oxygens (including phenoxy) is 1. The van der Waals surface area contributed by atoms with Gasteiger partial charge in [0.05, 0.1) is 57.8 Å². The average Bonchev–Trinajstić information content (AvgIpc) is 2.78. The van der Waals surface area contributed by atoms with E-state index in [0.717, 1.165) is 6.54 Å². The third-order valence-electron chi connectivity index (χ3n) is 3.88. The molecule has 0 fully saturated rings. The maximum Gasteiger partial charge on any atom is 0.261 e. The van der Waals surface area contributed by atoms with E-state index in [1.807, 2.05) is 14.1 Å². The molecule has 27 heavy (non-hydrogen) atoms. The zero-order valence-corrected chi connectivity index (χ0v) is 16.6. The molecule has 10 heteroatoms.